The first-order chi connectivity index (χ1) is 10.3. The van der Waals surface area contributed by atoms with Gasteiger partial charge in [-0.2, -0.15) is 0 Å². The first-order valence-corrected chi connectivity index (χ1v) is 7.74. The van der Waals surface area contributed by atoms with E-state index in [-0.39, 0.29) is 24.5 Å². The highest BCUT2D eigenvalue weighted by Gasteiger charge is 2.37. The predicted molar refractivity (Wildman–Crippen MR) is 74.8 cm³/mol. The van der Waals surface area contributed by atoms with Crippen molar-refractivity contribution in [1.29, 1.82) is 0 Å². The normalized spacial score (nSPS) is 12.8. The Morgan fingerprint density at radius 2 is 1.59 bits per heavy atom. The number of phosphoric ester groups is 1. The minimum Gasteiger partial charge on any atom is -0.287 e. The molecule has 0 saturated carbocycles. The lowest BCUT2D eigenvalue weighted by molar-refractivity contribution is -0.572. The molecule has 10 nitrogen and oxygen atoms in total. The summed E-state index contributed by atoms with van der Waals surface area (Å²) in [5.41, 5.74) is -0.251. The molecule has 22 heavy (non-hydrogen) atoms. The van der Waals surface area contributed by atoms with Crippen molar-refractivity contribution in [3.8, 4) is 0 Å². The zero-order valence-electron chi connectivity index (χ0n) is 11.9. The Labute approximate surface area is 125 Å². The molecule has 0 N–H and O–H groups in total. The maximum Gasteiger partial charge on any atom is 0.480 e. The fourth-order valence-corrected chi connectivity index (χ4v) is 2.79. The van der Waals surface area contributed by atoms with Gasteiger partial charge in [-0.3, -0.25) is 29.3 Å². The van der Waals surface area contributed by atoms with Crippen molar-refractivity contribution in [3.05, 3.63) is 50.1 Å². The summed E-state index contributed by atoms with van der Waals surface area (Å²) in [6.45, 7) is 3.01. The molecule has 0 aliphatic carbocycles. The Kier molecular flexibility index (Phi) is 6.57. The van der Waals surface area contributed by atoms with Gasteiger partial charge in [0.05, 0.1) is 28.6 Å². The van der Waals surface area contributed by atoms with Gasteiger partial charge in [0.15, 0.2) is 0 Å². The average molecular weight is 334 g/mol. The predicted octanol–water partition coefficient (Wildman–Crippen LogP) is 3.07. The number of non-ortho nitro benzene ring substituents is 1. The van der Waals surface area contributed by atoms with Crippen molar-refractivity contribution >= 4 is 13.5 Å². The fraction of sp³-hybridized carbons (Fsp3) is 0.455. The lowest BCUT2D eigenvalue weighted by Crippen LogP contribution is -2.15. The second-order valence-corrected chi connectivity index (χ2v) is 5.50. The van der Waals surface area contributed by atoms with E-state index in [1.807, 2.05) is 0 Å². The number of benzene rings is 1. The van der Waals surface area contributed by atoms with E-state index in [9.17, 15) is 24.8 Å². The van der Waals surface area contributed by atoms with Crippen LogP contribution in [0.15, 0.2) is 24.3 Å². The van der Waals surface area contributed by atoms with Gasteiger partial charge >= 0.3 is 14.1 Å². The van der Waals surface area contributed by atoms with E-state index in [0.29, 0.717) is 0 Å². The molecule has 1 aromatic carbocycles. The largest absolute Gasteiger partial charge is 0.480 e. The van der Waals surface area contributed by atoms with Crippen LogP contribution in [0.25, 0.3) is 0 Å². The summed E-state index contributed by atoms with van der Waals surface area (Å²) in [7, 11) is -4.10. The van der Waals surface area contributed by atoms with Gasteiger partial charge in [0.1, 0.15) is 0 Å². The Balaban J connectivity index is 3.05. The van der Waals surface area contributed by atoms with E-state index in [0.717, 1.165) is 24.3 Å². The molecule has 0 aromatic heterocycles. The van der Waals surface area contributed by atoms with Gasteiger partial charge in [0.25, 0.3) is 5.69 Å². The van der Waals surface area contributed by atoms with Gasteiger partial charge in [0, 0.05) is 12.1 Å². The zero-order chi connectivity index (χ0) is 16.8. The molecule has 0 amide bonds. The van der Waals surface area contributed by atoms with Gasteiger partial charge in [-0.1, -0.05) is 0 Å². The highest BCUT2D eigenvalue weighted by Crippen LogP contribution is 2.53. The van der Waals surface area contributed by atoms with Crippen LogP contribution in [0, 0.1) is 20.2 Å². The monoisotopic (exact) mass is 334 g/mol. The molecular weight excluding hydrogens is 319 g/mol. The Morgan fingerprint density at radius 3 is 1.95 bits per heavy atom. The van der Waals surface area contributed by atoms with Crippen molar-refractivity contribution in [2.24, 2.45) is 0 Å². The molecule has 122 valence electrons. The highest BCUT2D eigenvalue weighted by molar-refractivity contribution is 7.48. The van der Waals surface area contributed by atoms with Crippen LogP contribution >= 0.6 is 7.82 Å². The second kappa shape index (κ2) is 7.95. The third-order valence-electron chi connectivity index (χ3n) is 2.38. The number of hydrogen-bond donors (Lipinski definition) is 0. The molecule has 1 atom stereocenters. The Morgan fingerprint density at radius 1 is 1.09 bits per heavy atom. The summed E-state index contributed by atoms with van der Waals surface area (Å²) in [6.07, 6.45) is -1.83. The van der Waals surface area contributed by atoms with Crippen molar-refractivity contribution in [2.45, 2.75) is 20.1 Å². The van der Waals surface area contributed by atoms with Crippen LogP contribution in [-0.4, -0.2) is 23.1 Å². The van der Waals surface area contributed by atoms with Crippen molar-refractivity contribution in [2.75, 3.05) is 13.2 Å². The van der Waals surface area contributed by atoms with Crippen LogP contribution in [0.2, 0.25) is 0 Å². The summed E-state index contributed by atoms with van der Waals surface area (Å²) in [4.78, 5) is 20.2. The van der Waals surface area contributed by atoms with Crippen molar-refractivity contribution < 1.29 is 28.0 Å². The SMILES string of the molecule is CCOP(=O)(OCC)OC(c1ccc([N+](=O)[O-])cc1)[N+](=O)[O-]. The highest BCUT2D eigenvalue weighted by atomic mass is 31.2. The minimum atomic E-state index is -4.10. The molecule has 0 saturated heterocycles. The lowest BCUT2D eigenvalue weighted by Gasteiger charge is -2.18. The van der Waals surface area contributed by atoms with E-state index in [1.54, 1.807) is 0 Å². The van der Waals surface area contributed by atoms with E-state index >= 15 is 0 Å². The smallest absolute Gasteiger partial charge is 0.287 e. The zero-order valence-corrected chi connectivity index (χ0v) is 12.8. The molecule has 0 fully saturated rings. The molecule has 0 aliphatic heterocycles. The van der Waals surface area contributed by atoms with Gasteiger partial charge in [-0.25, -0.2) is 9.09 Å². The van der Waals surface area contributed by atoms with Crippen molar-refractivity contribution in [1.82, 2.24) is 0 Å². The van der Waals surface area contributed by atoms with E-state index in [4.69, 9.17) is 13.6 Å². The first kappa shape index (κ1) is 18.2. The lowest BCUT2D eigenvalue weighted by atomic mass is 10.2. The summed E-state index contributed by atoms with van der Waals surface area (Å²) >= 11 is 0. The van der Waals surface area contributed by atoms with Gasteiger partial charge in [0.2, 0.25) is 0 Å². The molecule has 0 spiro atoms. The van der Waals surface area contributed by atoms with Crippen LogP contribution in [0.3, 0.4) is 0 Å². The topological polar surface area (TPSA) is 131 Å². The Hall–Kier alpha value is -1.87. The van der Waals surface area contributed by atoms with E-state index in [1.165, 1.54) is 13.8 Å². The summed E-state index contributed by atoms with van der Waals surface area (Å²) < 4.78 is 26.8. The maximum atomic E-state index is 12.2. The molecule has 0 bridgehead atoms. The molecule has 0 heterocycles. The number of nitro groups is 2. The minimum absolute atomic E-state index is 0.0183. The van der Waals surface area contributed by atoms with Crippen LogP contribution < -0.4 is 0 Å². The van der Waals surface area contributed by atoms with Gasteiger partial charge < -0.3 is 0 Å². The molecule has 1 unspecified atom stereocenters. The molecule has 11 heteroatoms. The molecule has 1 rings (SSSR count). The third-order valence-corrected chi connectivity index (χ3v) is 3.99. The van der Waals surface area contributed by atoms with Crippen LogP contribution in [0.1, 0.15) is 25.6 Å². The maximum absolute atomic E-state index is 12.2. The molecular formula is C11H15N2O8P. The van der Waals surface area contributed by atoms with Gasteiger partial charge in [-0.15, -0.1) is 0 Å². The molecule has 0 radical (unpaired) electrons. The van der Waals surface area contributed by atoms with E-state index in [2.05, 4.69) is 0 Å². The second-order valence-electron chi connectivity index (χ2n) is 3.87. The summed E-state index contributed by atoms with van der Waals surface area (Å²) in [5, 5.41) is 21.7. The quantitative estimate of drug-likeness (QED) is 0.291. The van der Waals surface area contributed by atoms with Gasteiger partial charge in [-0.05, 0) is 26.0 Å². The number of nitrogens with zero attached hydrogens (tertiary/aromatic N) is 2. The third kappa shape index (κ3) is 4.85. The molecule has 1 aromatic rings. The van der Waals surface area contributed by atoms with Crippen molar-refractivity contribution in [3.63, 3.8) is 0 Å². The van der Waals surface area contributed by atoms with Crippen LogP contribution in [-0.2, 0) is 18.1 Å². The fourth-order valence-electron chi connectivity index (χ4n) is 1.52. The first-order valence-electron chi connectivity index (χ1n) is 6.28. The molecule has 0 aliphatic rings. The standard InChI is InChI=1S/C11H15N2O8P/c1-3-19-22(18,20-4-2)21-11(13(16)17)9-5-7-10(8-6-9)12(14)15/h5-8,11H,3-4H2,1-2H3. The summed E-state index contributed by atoms with van der Waals surface area (Å²) in [6, 6.07) is 4.46. The number of phosphoric acid groups is 1. The number of hydrogen-bond acceptors (Lipinski definition) is 8. The van der Waals surface area contributed by atoms with Crippen LogP contribution in [0.5, 0.6) is 0 Å². The van der Waals surface area contributed by atoms with Crippen LogP contribution in [0.4, 0.5) is 5.69 Å². The number of rotatable bonds is 9. The number of nitro benzene ring substituents is 1. The van der Waals surface area contributed by atoms with E-state index < -0.39 is 23.9 Å². The average Bonchev–Trinajstić information content (AvgIpc) is 2.45. The summed E-state index contributed by atoms with van der Waals surface area (Å²) in [5.74, 6) is 0. The Bertz CT molecular complexity index is 566.